The first-order chi connectivity index (χ1) is 14.9. The Morgan fingerprint density at radius 3 is 2.61 bits per heavy atom. The van der Waals surface area contributed by atoms with Crippen molar-refractivity contribution < 1.29 is 9.53 Å². The van der Waals surface area contributed by atoms with Crippen LogP contribution in [0.25, 0.3) is 0 Å². The van der Waals surface area contributed by atoms with Crippen molar-refractivity contribution >= 4 is 17.2 Å². The number of hydrogen-bond acceptors (Lipinski definition) is 7. The number of carbonyl (C=O) groups is 1. The van der Waals surface area contributed by atoms with Crippen LogP contribution in [0.2, 0.25) is 0 Å². The maximum Gasteiger partial charge on any atom is 0.238 e. The van der Waals surface area contributed by atoms with Crippen molar-refractivity contribution in [2.45, 2.75) is 52.2 Å². The van der Waals surface area contributed by atoms with Crippen LogP contribution in [0.5, 0.6) is 5.75 Å². The minimum Gasteiger partial charge on any atom is -0.463 e. The molecule has 1 fully saturated rings. The van der Waals surface area contributed by atoms with Crippen molar-refractivity contribution in [3.8, 4) is 5.75 Å². The maximum absolute atomic E-state index is 12.5. The van der Waals surface area contributed by atoms with Crippen LogP contribution in [0.15, 0.2) is 42.0 Å². The Kier molecular flexibility index (Phi) is 6.31. The van der Waals surface area contributed by atoms with Crippen LogP contribution in [0.4, 0.5) is 0 Å². The fraction of sp³-hybridized carbons (Fsp3) is 0.500. The zero-order valence-corrected chi connectivity index (χ0v) is 19.0. The molecular formula is C22H28N6O2S. The van der Waals surface area contributed by atoms with Crippen LogP contribution in [-0.4, -0.2) is 49.1 Å². The average molecular weight is 441 g/mol. The smallest absolute Gasteiger partial charge is 0.238 e. The van der Waals surface area contributed by atoms with Gasteiger partial charge in [-0.15, -0.1) is 16.4 Å². The van der Waals surface area contributed by atoms with Gasteiger partial charge in [-0.3, -0.25) is 4.79 Å². The van der Waals surface area contributed by atoms with Gasteiger partial charge in [0.15, 0.2) is 0 Å². The molecule has 164 valence electrons. The van der Waals surface area contributed by atoms with Crippen molar-refractivity contribution in [2.75, 3.05) is 13.1 Å². The number of thiazole rings is 1. The number of tetrazole rings is 1. The standard InChI is InChI=1S/C22H28N6O2S/c1-22(2,3)13-19(29)27-11-9-16(10-12-27)20-24-18(14-31-20)21(28-15-23-25-26-28)30-17-7-5-4-6-8-17/h4-8,14-16,21H,9-13H2,1-3H3. The van der Waals surface area contributed by atoms with Crippen LogP contribution >= 0.6 is 11.3 Å². The molecule has 0 bridgehead atoms. The number of aromatic nitrogens is 5. The number of ether oxygens (including phenoxy) is 1. The lowest BCUT2D eigenvalue weighted by Crippen LogP contribution is -2.39. The topological polar surface area (TPSA) is 86.0 Å². The number of amides is 1. The van der Waals surface area contributed by atoms with Gasteiger partial charge in [-0.05, 0) is 40.8 Å². The van der Waals surface area contributed by atoms with Crippen molar-refractivity contribution in [1.29, 1.82) is 0 Å². The number of benzene rings is 1. The van der Waals surface area contributed by atoms with Crippen LogP contribution in [0, 0.1) is 5.41 Å². The van der Waals surface area contributed by atoms with E-state index in [1.165, 1.54) is 6.33 Å². The van der Waals surface area contributed by atoms with Gasteiger partial charge in [0.1, 0.15) is 17.8 Å². The van der Waals surface area contributed by atoms with E-state index in [9.17, 15) is 4.79 Å². The summed E-state index contributed by atoms with van der Waals surface area (Å²) in [5.74, 6) is 1.33. The second-order valence-electron chi connectivity index (χ2n) is 9.08. The summed E-state index contributed by atoms with van der Waals surface area (Å²) < 4.78 is 7.72. The summed E-state index contributed by atoms with van der Waals surface area (Å²) in [6.07, 6.45) is 3.45. The molecule has 2 aromatic heterocycles. The lowest BCUT2D eigenvalue weighted by atomic mass is 9.90. The van der Waals surface area contributed by atoms with E-state index in [-0.39, 0.29) is 11.3 Å². The zero-order valence-electron chi connectivity index (χ0n) is 18.1. The maximum atomic E-state index is 12.5. The molecule has 0 saturated carbocycles. The van der Waals surface area contributed by atoms with Gasteiger partial charge in [0.25, 0.3) is 0 Å². The Balaban J connectivity index is 1.44. The van der Waals surface area contributed by atoms with E-state index < -0.39 is 6.23 Å². The molecule has 1 atom stereocenters. The van der Waals surface area contributed by atoms with Crippen molar-refractivity contribution in [3.05, 3.63) is 52.7 Å². The summed E-state index contributed by atoms with van der Waals surface area (Å²) in [5, 5.41) is 14.6. The molecule has 1 saturated heterocycles. The number of hydrogen-bond donors (Lipinski definition) is 0. The highest BCUT2D eigenvalue weighted by Crippen LogP contribution is 2.33. The van der Waals surface area contributed by atoms with Crippen molar-refractivity contribution in [3.63, 3.8) is 0 Å². The minimum absolute atomic E-state index is 0.0160. The Labute approximate surface area is 186 Å². The number of nitrogens with zero attached hydrogens (tertiary/aromatic N) is 6. The van der Waals surface area contributed by atoms with E-state index in [1.54, 1.807) is 16.0 Å². The van der Waals surface area contributed by atoms with Crippen LogP contribution < -0.4 is 4.74 Å². The first-order valence-corrected chi connectivity index (χ1v) is 11.4. The van der Waals surface area contributed by atoms with Crippen molar-refractivity contribution in [1.82, 2.24) is 30.1 Å². The molecule has 1 amide bonds. The lowest BCUT2D eigenvalue weighted by Gasteiger charge is -2.33. The molecule has 8 nitrogen and oxygen atoms in total. The largest absolute Gasteiger partial charge is 0.463 e. The highest BCUT2D eigenvalue weighted by Gasteiger charge is 2.29. The van der Waals surface area contributed by atoms with E-state index in [2.05, 4.69) is 36.3 Å². The summed E-state index contributed by atoms with van der Waals surface area (Å²) in [4.78, 5) is 19.4. The molecule has 31 heavy (non-hydrogen) atoms. The molecule has 1 aliphatic heterocycles. The summed E-state index contributed by atoms with van der Waals surface area (Å²) in [5.41, 5.74) is 0.796. The molecule has 9 heteroatoms. The molecule has 0 N–H and O–H groups in total. The normalized spacial score (nSPS) is 16.3. The molecule has 0 spiro atoms. The average Bonchev–Trinajstić information content (AvgIpc) is 3.44. The number of carbonyl (C=O) groups excluding carboxylic acids is 1. The van der Waals surface area contributed by atoms with Gasteiger partial charge < -0.3 is 9.64 Å². The SMILES string of the molecule is CC(C)(C)CC(=O)N1CCC(c2nc(C(Oc3ccccc3)n3cnnn3)cs2)CC1. The van der Waals surface area contributed by atoms with Crippen LogP contribution in [0.3, 0.4) is 0 Å². The molecule has 1 aromatic carbocycles. The first kappa shape index (κ1) is 21.4. The summed E-state index contributed by atoms with van der Waals surface area (Å²) in [6.45, 7) is 7.88. The first-order valence-electron chi connectivity index (χ1n) is 10.6. The number of likely N-dealkylation sites (tertiary alicyclic amines) is 1. The number of piperidine rings is 1. The molecule has 0 aliphatic carbocycles. The highest BCUT2D eigenvalue weighted by atomic mass is 32.1. The third kappa shape index (κ3) is 5.46. The predicted molar refractivity (Wildman–Crippen MR) is 118 cm³/mol. The van der Waals surface area contributed by atoms with Gasteiger partial charge >= 0.3 is 0 Å². The van der Waals surface area contributed by atoms with Gasteiger partial charge in [-0.25, -0.2) is 4.98 Å². The van der Waals surface area contributed by atoms with Crippen molar-refractivity contribution in [2.24, 2.45) is 5.41 Å². The Morgan fingerprint density at radius 1 is 1.23 bits per heavy atom. The van der Waals surface area contributed by atoms with Gasteiger partial charge in [-0.2, -0.15) is 4.68 Å². The second kappa shape index (κ2) is 9.13. The predicted octanol–water partition coefficient (Wildman–Crippen LogP) is 3.90. The van der Waals surface area contributed by atoms with Crippen LogP contribution in [-0.2, 0) is 4.79 Å². The van der Waals surface area contributed by atoms with Crippen LogP contribution in [0.1, 0.15) is 62.9 Å². The molecule has 4 rings (SSSR count). The molecule has 1 aliphatic rings. The van der Waals surface area contributed by atoms with E-state index >= 15 is 0 Å². The van der Waals surface area contributed by atoms with E-state index in [4.69, 9.17) is 9.72 Å². The minimum atomic E-state index is -0.532. The Hall–Kier alpha value is -2.81. The summed E-state index contributed by atoms with van der Waals surface area (Å²) in [7, 11) is 0. The number of rotatable bonds is 6. The quantitative estimate of drug-likeness (QED) is 0.578. The Bertz CT molecular complexity index is 975. The fourth-order valence-corrected chi connectivity index (χ4v) is 4.69. The molecule has 3 aromatic rings. The molecule has 1 unspecified atom stereocenters. The second-order valence-corrected chi connectivity index (χ2v) is 9.97. The third-order valence-corrected chi connectivity index (χ3v) is 6.29. The summed E-state index contributed by atoms with van der Waals surface area (Å²) >= 11 is 1.64. The lowest BCUT2D eigenvalue weighted by molar-refractivity contribution is -0.134. The zero-order chi connectivity index (χ0) is 21.8. The van der Waals surface area contributed by atoms with E-state index in [1.807, 2.05) is 40.6 Å². The van der Waals surface area contributed by atoms with E-state index in [0.29, 0.717) is 12.3 Å². The third-order valence-electron chi connectivity index (χ3n) is 5.27. The summed E-state index contributed by atoms with van der Waals surface area (Å²) in [6, 6.07) is 9.59. The fourth-order valence-electron chi connectivity index (χ4n) is 3.70. The molecular weight excluding hydrogens is 412 g/mol. The monoisotopic (exact) mass is 440 g/mol. The molecule has 0 radical (unpaired) electrons. The molecule has 3 heterocycles. The van der Waals surface area contributed by atoms with Gasteiger partial charge in [-0.1, -0.05) is 39.0 Å². The highest BCUT2D eigenvalue weighted by molar-refractivity contribution is 7.09. The number of para-hydroxylation sites is 1. The van der Waals surface area contributed by atoms with Gasteiger partial charge in [0, 0.05) is 30.8 Å². The van der Waals surface area contributed by atoms with Gasteiger partial charge in [0.2, 0.25) is 12.1 Å². The van der Waals surface area contributed by atoms with Gasteiger partial charge in [0.05, 0.1) is 5.01 Å². The van der Waals surface area contributed by atoms with E-state index in [0.717, 1.165) is 42.4 Å². The Morgan fingerprint density at radius 2 is 1.97 bits per heavy atom.